The third-order valence-corrected chi connectivity index (χ3v) is 3.92. The maximum absolute atomic E-state index is 12.1. The molecule has 9 heteroatoms. The van der Waals surface area contributed by atoms with Gasteiger partial charge in [-0.3, -0.25) is 24.4 Å². The average molecular weight is 349 g/mol. The van der Waals surface area contributed by atoms with Gasteiger partial charge in [0, 0.05) is 17.1 Å². The number of aromatic amines is 2. The van der Waals surface area contributed by atoms with E-state index in [0.717, 1.165) is 0 Å². The summed E-state index contributed by atoms with van der Waals surface area (Å²) in [5.74, 6) is -1.39. The third-order valence-electron chi connectivity index (χ3n) is 3.67. The minimum atomic E-state index is -0.697. The summed E-state index contributed by atoms with van der Waals surface area (Å²) in [6.45, 7) is 0. The van der Waals surface area contributed by atoms with Gasteiger partial charge < -0.3 is 10.6 Å². The highest BCUT2D eigenvalue weighted by atomic mass is 35.5. The van der Waals surface area contributed by atoms with E-state index in [9.17, 15) is 19.2 Å². The summed E-state index contributed by atoms with van der Waals surface area (Å²) in [5.41, 5.74) is -0.462. The first-order valence-electron chi connectivity index (χ1n) is 7.14. The molecular formula is C15H13ClN4O4. The van der Waals surface area contributed by atoms with E-state index in [0.29, 0.717) is 10.7 Å². The van der Waals surface area contributed by atoms with Crippen LogP contribution in [-0.2, 0) is 16.0 Å². The predicted octanol–water partition coefficient (Wildman–Crippen LogP) is 0.856. The van der Waals surface area contributed by atoms with Crippen molar-refractivity contribution in [3.8, 4) is 0 Å². The molecule has 0 bridgehead atoms. The van der Waals surface area contributed by atoms with E-state index >= 15 is 0 Å². The monoisotopic (exact) mass is 348 g/mol. The molecule has 1 aromatic heterocycles. The molecule has 124 valence electrons. The highest BCUT2D eigenvalue weighted by molar-refractivity contribution is 6.30. The molecule has 8 nitrogen and oxygen atoms in total. The lowest BCUT2D eigenvalue weighted by Crippen LogP contribution is -2.39. The summed E-state index contributed by atoms with van der Waals surface area (Å²) in [7, 11) is 0. The fraction of sp³-hybridized carbons (Fsp3) is 0.200. The number of anilines is 2. The number of rotatable bonds is 3. The number of carbonyl (C=O) groups excluding carboxylic acids is 2. The second-order valence-electron chi connectivity index (χ2n) is 5.41. The molecule has 0 fully saturated rings. The van der Waals surface area contributed by atoms with Gasteiger partial charge in [-0.1, -0.05) is 11.6 Å². The smallest absolute Gasteiger partial charge is 0.326 e. The Hall–Kier alpha value is -2.87. The number of fused-ring (bicyclic) bond motifs is 1. The van der Waals surface area contributed by atoms with E-state index in [2.05, 4.69) is 20.6 Å². The van der Waals surface area contributed by atoms with E-state index < -0.39 is 23.1 Å². The van der Waals surface area contributed by atoms with E-state index in [1.165, 1.54) is 0 Å². The zero-order valence-corrected chi connectivity index (χ0v) is 13.1. The molecular weight excluding hydrogens is 336 g/mol. The zero-order chi connectivity index (χ0) is 17.3. The van der Waals surface area contributed by atoms with Gasteiger partial charge >= 0.3 is 5.69 Å². The lowest BCUT2D eigenvalue weighted by molar-refractivity contribution is -0.125. The van der Waals surface area contributed by atoms with Crippen molar-refractivity contribution in [2.45, 2.75) is 12.8 Å². The SMILES string of the molecule is O=C(CC1Cc2c([nH]c(=O)[nH]c2=O)NC1=O)Nc1ccc(Cl)cc1. The van der Waals surface area contributed by atoms with Gasteiger partial charge in [-0.2, -0.15) is 0 Å². The Morgan fingerprint density at radius 2 is 1.88 bits per heavy atom. The standard InChI is InChI=1S/C15H13ClN4O4/c16-8-1-3-9(4-2-8)17-11(21)6-7-5-10-12(18-13(7)22)19-15(24)20-14(10)23/h1-4,7H,5-6H2,(H,17,21)(H3,18,19,20,22,23,24). The maximum atomic E-state index is 12.1. The fourth-order valence-electron chi connectivity index (χ4n) is 2.51. The largest absolute Gasteiger partial charge is 0.327 e. The van der Waals surface area contributed by atoms with Crippen LogP contribution in [0.25, 0.3) is 0 Å². The fourth-order valence-corrected chi connectivity index (χ4v) is 2.64. The summed E-state index contributed by atoms with van der Waals surface area (Å²) in [6, 6.07) is 6.56. The summed E-state index contributed by atoms with van der Waals surface area (Å²) in [4.78, 5) is 51.7. The minimum absolute atomic E-state index is 0.0708. The predicted molar refractivity (Wildman–Crippen MR) is 88.2 cm³/mol. The normalized spacial score (nSPS) is 16.2. The molecule has 1 aliphatic heterocycles. The summed E-state index contributed by atoms with van der Waals surface area (Å²) in [6.07, 6.45) is -0.0201. The summed E-state index contributed by atoms with van der Waals surface area (Å²) >= 11 is 5.77. The van der Waals surface area contributed by atoms with E-state index in [-0.39, 0.29) is 30.1 Å². The van der Waals surface area contributed by atoms with Crippen LogP contribution < -0.4 is 21.9 Å². The number of aromatic nitrogens is 2. The van der Waals surface area contributed by atoms with Gasteiger partial charge in [0.2, 0.25) is 11.8 Å². The average Bonchev–Trinajstić information content (AvgIpc) is 2.51. The molecule has 1 atom stereocenters. The quantitative estimate of drug-likeness (QED) is 0.656. The first-order valence-corrected chi connectivity index (χ1v) is 7.52. The van der Waals surface area contributed by atoms with Gasteiger partial charge in [-0.05, 0) is 30.7 Å². The molecule has 24 heavy (non-hydrogen) atoms. The van der Waals surface area contributed by atoms with Gasteiger partial charge in [0.1, 0.15) is 5.82 Å². The van der Waals surface area contributed by atoms with Crippen LogP contribution in [-0.4, -0.2) is 21.8 Å². The molecule has 0 saturated carbocycles. The van der Waals surface area contributed by atoms with Crippen molar-refractivity contribution in [2.24, 2.45) is 5.92 Å². The van der Waals surface area contributed by atoms with Crippen LogP contribution in [0.5, 0.6) is 0 Å². The molecule has 3 rings (SSSR count). The Labute approximate surface area is 140 Å². The van der Waals surface area contributed by atoms with Crippen molar-refractivity contribution in [3.05, 3.63) is 55.7 Å². The summed E-state index contributed by atoms with van der Waals surface area (Å²) < 4.78 is 0. The topological polar surface area (TPSA) is 124 Å². The minimum Gasteiger partial charge on any atom is -0.326 e. The molecule has 1 aliphatic rings. The molecule has 2 heterocycles. The number of hydrogen-bond donors (Lipinski definition) is 4. The first-order chi connectivity index (χ1) is 11.4. The van der Waals surface area contributed by atoms with E-state index in [4.69, 9.17) is 11.6 Å². The molecule has 4 N–H and O–H groups in total. The van der Waals surface area contributed by atoms with Crippen molar-refractivity contribution in [1.29, 1.82) is 0 Å². The third kappa shape index (κ3) is 3.38. The molecule has 2 aromatic rings. The molecule has 0 aliphatic carbocycles. The van der Waals surface area contributed by atoms with Crippen LogP contribution in [0.3, 0.4) is 0 Å². The number of H-pyrrole nitrogens is 2. The van der Waals surface area contributed by atoms with Crippen LogP contribution >= 0.6 is 11.6 Å². The van der Waals surface area contributed by atoms with Crippen LogP contribution in [0.4, 0.5) is 11.5 Å². The second kappa shape index (κ2) is 6.32. The first kappa shape index (κ1) is 16.0. The Morgan fingerprint density at radius 3 is 2.58 bits per heavy atom. The molecule has 0 radical (unpaired) electrons. The lowest BCUT2D eigenvalue weighted by Gasteiger charge is -2.22. The van der Waals surface area contributed by atoms with Crippen molar-refractivity contribution in [1.82, 2.24) is 9.97 Å². The molecule has 0 saturated heterocycles. The number of halogens is 1. The second-order valence-corrected chi connectivity index (χ2v) is 5.85. The van der Waals surface area contributed by atoms with Gasteiger partial charge in [0.25, 0.3) is 5.56 Å². The number of carbonyl (C=O) groups is 2. The van der Waals surface area contributed by atoms with Crippen molar-refractivity contribution < 1.29 is 9.59 Å². The van der Waals surface area contributed by atoms with Crippen LogP contribution in [0.2, 0.25) is 5.02 Å². The number of benzene rings is 1. The Morgan fingerprint density at radius 1 is 1.17 bits per heavy atom. The van der Waals surface area contributed by atoms with Crippen molar-refractivity contribution >= 4 is 34.9 Å². The molecule has 1 unspecified atom stereocenters. The Bertz CT molecular complexity index is 916. The number of nitrogens with one attached hydrogen (secondary N) is 4. The Kier molecular flexibility index (Phi) is 4.22. The van der Waals surface area contributed by atoms with Gasteiger partial charge in [-0.15, -0.1) is 0 Å². The van der Waals surface area contributed by atoms with E-state index in [1.54, 1.807) is 24.3 Å². The van der Waals surface area contributed by atoms with Crippen LogP contribution in [0.1, 0.15) is 12.0 Å². The maximum Gasteiger partial charge on any atom is 0.327 e. The van der Waals surface area contributed by atoms with Gasteiger partial charge in [-0.25, -0.2) is 4.79 Å². The molecule has 0 spiro atoms. The van der Waals surface area contributed by atoms with Gasteiger partial charge in [0.15, 0.2) is 0 Å². The van der Waals surface area contributed by atoms with Crippen LogP contribution in [0, 0.1) is 5.92 Å². The number of hydrogen-bond acceptors (Lipinski definition) is 4. The molecule has 1 aromatic carbocycles. The van der Waals surface area contributed by atoms with Crippen molar-refractivity contribution in [2.75, 3.05) is 10.6 Å². The van der Waals surface area contributed by atoms with Crippen LogP contribution in [0.15, 0.2) is 33.9 Å². The van der Waals surface area contributed by atoms with Crippen molar-refractivity contribution in [3.63, 3.8) is 0 Å². The molecule has 2 amide bonds. The zero-order valence-electron chi connectivity index (χ0n) is 12.3. The van der Waals surface area contributed by atoms with Gasteiger partial charge in [0.05, 0.1) is 11.5 Å². The van der Waals surface area contributed by atoms with E-state index in [1.807, 2.05) is 0 Å². The summed E-state index contributed by atoms with van der Waals surface area (Å²) in [5, 5.41) is 5.67. The highest BCUT2D eigenvalue weighted by Crippen LogP contribution is 2.22. The number of amides is 2. The highest BCUT2D eigenvalue weighted by Gasteiger charge is 2.30. The lowest BCUT2D eigenvalue weighted by atomic mass is 9.92. The Balaban J connectivity index is 1.72.